The molecular weight excluding hydrogens is 232 g/mol. The van der Waals surface area contributed by atoms with Crippen molar-refractivity contribution in [1.29, 1.82) is 0 Å². The van der Waals surface area contributed by atoms with Crippen LogP contribution in [0.2, 0.25) is 0 Å². The quantitative estimate of drug-likeness (QED) is 0.851. The van der Waals surface area contributed by atoms with Gasteiger partial charge in [-0.05, 0) is 19.0 Å². The van der Waals surface area contributed by atoms with E-state index in [1.54, 1.807) is 23.9 Å². The summed E-state index contributed by atoms with van der Waals surface area (Å²) in [5.74, 6) is 0. The van der Waals surface area contributed by atoms with Crippen LogP contribution in [0.25, 0.3) is 0 Å². The highest BCUT2D eigenvalue weighted by Crippen LogP contribution is 2.17. The Morgan fingerprint density at radius 2 is 2.29 bits per heavy atom. The third-order valence-corrected chi connectivity index (χ3v) is 3.27. The van der Waals surface area contributed by atoms with E-state index in [-0.39, 0.29) is 6.04 Å². The van der Waals surface area contributed by atoms with E-state index < -0.39 is 0 Å². The van der Waals surface area contributed by atoms with Crippen molar-refractivity contribution in [3.8, 4) is 0 Å². The molecule has 0 aliphatic carbocycles. The number of thiazole rings is 1. The molecule has 0 radical (unpaired) electrons. The molecule has 0 aliphatic rings. The van der Waals surface area contributed by atoms with Crippen LogP contribution in [0.15, 0.2) is 30.2 Å². The summed E-state index contributed by atoms with van der Waals surface area (Å²) >= 11 is 1.68. The van der Waals surface area contributed by atoms with Crippen LogP contribution in [0.3, 0.4) is 0 Å². The molecule has 2 aromatic heterocycles. The molecule has 1 N–H and O–H groups in total. The molecule has 17 heavy (non-hydrogen) atoms. The van der Waals surface area contributed by atoms with E-state index in [0.29, 0.717) is 0 Å². The number of nitrogens with zero attached hydrogens (tertiary/aromatic N) is 3. The minimum absolute atomic E-state index is 0.226. The van der Waals surface area contributed by atoms with Crippen LogP contribution in [0.5, 0.6) is 0 Å². The van der Waals surface area contributed by atoms with Gasteiger partial charge in [-0.3, -0.25) is 0 Å². The van der Waals surface area contributed by atoms with Crippen LogP contribution in [0, 0.1) is 0 Å². The van der Waals surface area contributed by atoms with Gasteiger partial charge in [0.25, 0.3) is 0 Å². The number of hydrogen-bond acceptors (Lipinski definition) is 5. The Kier molecular flexibility index (Phi) is 4.58. The minimum atomic E-state index is 0.226. The first-order valence-electron chi connectivity index (χ1n) is 5.77. The summed E-state index contributed by atoms with van der Waals surface area (Å²) in [6.45, 7) is 3.15. The van der Waals surface area contributed by atoms with Gasteiger partial charge in [-0.25, -0.2) is 15.0 Å². The van der Waals surface area contributed by atoms with E-state index in [1.807, 2.05) is 17.6 Å². The van der Waals surface area contributed by atoms with Crippen molar-refractivity contribution in [2.75, 3.05) is 6.54 Å². The van der Waals surface area contributed by atoms with Gasteiger partial charge in [0.05, 0.1) is 16.7 Å². The Bertz CT molecular complexity index is 415. The van der Waals surface area contributed by atoms with Gasteiger partial charge in [-0.15, -0.1) is 11.3 Å². The molecule has 0 spiro atoms. The first kappa shape index (κ1) is 12.1. The van der Waals surface area contributed by atoms with E-state index >= 15 is 0 Å². The molecule has 2 rings (SSSR count). The van der Waals surface area contributed by atoms with Crippen LogP contribution in [-0.2, 0) is 6.42 Å². The average Bonchev–Trinajstić information content (AvgIpc) is 2.88. The molecular formula is C12H16N4S. The van der Waals surface area contributed by atoms with Gasteiger partial charge >= 0.3 is 0 Å². The van der Waals surface area contributed by atoms with Crippen molar-refractivity contribution in [1.82, 2.24) is 20.3 Å². The first-order chi connectivity index (χ1) is 8.40. The molecule has 0 bridgehead atoms. The second-order valence-corrected chi connectivity index (χ2v) is 4.75. The molecule has 1 unspecified atom stereocenters. The van der Waals surface area contributed by atoms with E-state index in [0.717, 1.165) is 30.1 Å². The maximum absolute atomic E-state index is 4.32. The fourth-order valence-corrected chi connectivity index (χ4v) is 2.30. The van der Waals surface area contributed by atoms with Crippen molar-refractivity contribution >= 4 is 11.3 Å². The van der Waals surface area contributed by atoms with Crippen molar-refractivity contribution in [3.05, 3.63) is 40.9 Å². The molecule has 1 atom stereocenters. The molecule has 0 amide bonds. The summed E-state index contributed by atoms with van der Waals surface area (Å²) in [6.07, 6.45) is 7.22. The lowest BCUT2D eigenvalue weighted by Crippen LogP contribution is -2.25. The Balaban J connectivity index is 2.08. The Labute approximate surface area is 105 Å². The van der Waals surface area contributed by atoms with E-state index in [1.165, 1.54) is 0 Å². The summed E-state index contributed by atoms with van der Waals surface area (Å²) in [6, 6.07) is 2.19. The predicted molar refractivity (Wildman–Crippen MR) is 68.9 cm³/mol. The lowest BCUT2D eigenvalue weighted by atomic mass is 10.1. The second kappa shape index (κ2) is 6.42. The third-order valence-electron chi connectivity index (χ3n) is 2.46. The molecule has 5 heteroatoms. The summed E-state index contributed by atoms with van der Waals surface area (Å²) < 4.78 is 0. The summed E-state index contributed by atoms with van der Waals surface area (Å²) in [5, 5.41) is 6.64. The molecule has 0 fully saturated rings. The molecule has 0 aromatic carbocycles. The maximum atomic E-state index is 4.32. The van der Waals surface area contributed by atoms with E-state index in [9.17, 15) is 0 Å². The zero-order valence-corrected chi connectivity index (χ0v) is 10.7. The summed E-state index contributed by atoms with van der Waals surface area (Å²) in [4.78, 5) is 12.6. The molecule has 0 aliphatic heterocycles. The van der Waals surface area contributed by atoms with Crippen molar-refractivity contribution in [3.63, 3.8) is 0 Å². The standard InChI is InChI=1S/C12H16N4S/c1-2-4-14-11(8-12-15-6-7-17-12)10-3-5-13-9-16-10/h3,5-7,9,11,14H,2,4,8H2,1H3. The number of rotatable bonds is 6. The average molecular weight is 248 g/mol. The van der Waals surface area contributed by atoms with Gasteiger partial charge in [-0.1, -0.05) is 6.92 Å². The van der Waals surface area contributed by atoms with Gasteiger partial charge in [0, 0.05) is 24.2 Å². The highest BCUT2D eigenvalue weighted by atomic mass is 32.1. The summed E-state index contributed by atoms with van der Waals surface area (Å²) in [7, 11) is 0. The highest BCUT2D eigenvalue weighted by molar-refractivity contribution is 7.09. The largest absolute Gasteiger partial charge is 0.308 e. The topological polar surface area (TPSA) is 50.7 Å². The van der Waals surface area contributed by atoms with E-state index in [2.05, 4.69) is 27.2 Å². The Hall–Kier alpha value is -1.33. The molecule has 90 valence electrons. The van der Waals surface area contributed by atoms with Crippen LogP contribution in [0.4, 0.5) is 0 Å². The fraction of sp³-hybridized carbons (Fsp3) is 0.417. The predicted octanol–water partition coefficient (Wildman–Crippen LogP) is 2.22. The van der Waals surface area contributed by atoms with Crippen molar-refractivity contribution in [2.24, 2.45) is 0 Å². The number of hydrogen-bond donors (Lipinski definition) is 1. The molecule has 4 nitrogen and oxygen atoms in total. The van der Waals surface area contributed by atoms with Crippen molar-refractivity contribution in [2.45, 2.75) is 25.8 Å². The smallest absolute Gasteiger partial charge is 0.115 e. The van der Waals surface area contributed by atoms with Crippen LogP contribution in [-0.4, -0.2) is 21.5 Å². The van der Waals surface area contributed by atoms with E-state index in [4.69, 9.17) is 0 Å². The number of aromatic nitrogens is 3. The van der Waals surface area contributed by atoms with Crippen LogP contribution in [0.1, 0.15) is 30.1 Å². The Morgan fingerprint density at radius 1 is 1.35 bits per heavy atom. The molecule has 2 aromatic rings. The third kappa shape index (κ3) is 3.57. The van der Waals surface area contributed by atoms with Gasteiger partial charge in [-0.2, -0.15) is 0 Å². The normalized spacial score (nSPS) is 12.5. The number of nitrogens with one attached hydrogen (secondary N) is 1. The van der Waals surface area contributed by atoms with Crippen LogP contribution >= 0.6 is 11.3 Å². The lowest BCUT2D eigenvalue weighted by Gasteiger charge is -2.16. The second-order valence-electron chi connectivity index (χ2n) is 3.77. The van der Waals surface area contributed by atoms with Crippen LogP contribution < -0.4 is 5.32 Å². The summed E-state index contributed by atoms with van der Waals surface area (Å²) in [5.41, 5.74) is 1.03. The van der Waals surface area contributed by atoms with Gasteiger partial charge in [0.1, 0.15) is 6.33 Å². The fourth-order valence-electron chi connectivity index (χ4n) is 1.64. The van der Waals surface area contributed by atoms with Crippen molar-refractivity contribution < 1.29 is 0 Å². The van der Waals surface area contributed by atoms with Gasteiger partial charge < -0.3 is 5.32 Å². The zero-order valence-electron chi connectivity index (χ0n) is 9.84. The van der Waals surface area contributed by atoms with Gasteiger partial charge in [0.15, 0.2) is 0 Å². The zero-order chi connectivity index (χ0) is 11.9. The molecule has 0 saturated carbocycles. The first-order valence-corrected chi connectivity index (χ1v) is 6.65. The Morgan fingerprint density at radius 3 is 2.94 bits per heavy atom. The lowest BCUT2D eigenvalue weighted by molar-refractivity contribution is 0.516. The molecule has 0 saturated heterocycles. The monoisotopic (exact) mass is 248 g/mol. The molecule has 2 heterocycles. The minimum Gasteiger partial charge on any atom is -0.308 e. The SMILES string of the molecule is CCCNC(Cc1nccs1)c1ccncn1. The maximum Gasteiger partial charge on any atom is 0.115 e. The van der Waals surface area contributed by atoms with Gasteiger partial charge in [0.2, 0.25) is 0 Å². The highest BCUT2D eigenvalue weighted by Gasteiger charge is 2.13.